The van der Waals surface area contributed by atoms with Gasteiger partial charge in [0.15, 0.2) is 0 Å². The van der Waals surface area contributed by atoms with Gasteiger partial charge in [0.05, 0.1) is 12.7 Å². The van der Waals surface area contributed by atoms with Gasteiger partial charge in [-0.15, -0.1) is 0 Å². The summed E-state index contributed by atoms with van der Waals surface area (Å²) in [5.74, 6) is -0.700. The molecule has 2 nitrogen and oxygen atoms in total. The lowest BCUT2D eigenvalue weighted by Gasteiger charge is -2.10. The lowest BCUT2D eigenvalue weighted by atomic mass is 10.0. The van der Waals surface area contributed by atoms with Gasteiger partial charge in [-0.3, -0.25) is 0 Å². The zero-order valence-electron chi connectivity index (χ0n) is 11.0. The fourth-order valence-electron chi connectivity index (χ4n) is 1.84. The first-order chi connectivity index (χ1) is 9.65. The Morgan fingerprint density at radius 2 is 1.80 bits per heavy atom. The summed E-state index contributed by atoms with van der Waals surface area (Å²) in [7, 11) is 1.50. The average molecular weight is 276 g/mol. The van der Waals surface area contributed by atoms with E-state index >= 15 is 0 Å². The molecule has 20 heavy (non-hydrogen) atoms. The Hall–Kier alpha value is -2.36. The van der Waals surface area contributed by atoms with E-state index in [1.165, 1.54) is 13.2 Å². The Morgan fingerprint density at radius 1 is 1.10 bits per heavy atom. The van der Waals surface area contributed by atoms with Gasteiger partial charge in [-0.05, 0) is 17.7 Å². The van der Waals surface area contributed by atoms with Crippen LogP contribution in [0.5, 0.6) is 11.5 Å². The first kappa shape index (κ1) is 14.1. The van der Waals surface area contributed by atoms with Crippen LogP contribution in [0.2, 0.25) is 0 Å². The SMILES string of the molecule is C=CCOc1cc(F)c(-c2cccc(OC)c2)c(F)c1. The number of halogens is 2. The largest absolute Gasteiger partial charge is 0.497 e. The first-order valence-corrected chi connectivity index (χ1v) is 6.03. The van der Waals surface area contributed by atoms with Crippen molar-refractivity contribution in [2.45, 2.75) is 0 Å². The van der Waals surface area contributed by atoms with Crippen molar-refractivity contribution in [3.05, 3.63) is 60.7 Å². The topological polar surface area (TPSA) is 18.5 Å². The molecule has 0 amide bonds. The van der Waals surface area contributed by atoms with Crippen molar-refractivity contribution in [2.75, 3.05) is 13.7 Å². The van der Waals surface area contributed by atoms with Gasteiger partial charge in [-0.25, -0.2) is 8.78 Å². The maximum Gasteiger partial charge on any atom is 0.137 e. The molecule has 0 heterocycles. The second kappa shape index (κ2) is 6.19. The number of rotatable bonds is 5. The van der Waals surface area contributed by atoms with Crippen molar-refractivity contribution in [3.63, 3.8) is 0 Å². The molecule has 2 aromatic carbocycles. The third kappa shape index (κ3) is 2.96. The fraction of sp³-hybridized carbons (Fsp3) is 0.125. The van der Waals surface area contributed by atoms with E-state index in [1.54, 1.807) is 24.3 Å². The molecule has 2 rings (SSSR count). The van der Waals surface area contributed by atoms with E-state index in [-0.39, 0.29) is 17.9 Å². The van der Waals surface area contributed by atoms with Crippen molar-refractivity contribution in [2.24, 2.45) is 0 Å². The van der Waals surface area contributed by atoms with Gasteiger partial charge < -0.3 is 9.47 Å². The van der Waals surface area contributed by atoms with Crippen LogP contribution in [0, 0.1) is 11.6 Å². The molecule has 0 atom stereocenters. The molecule has 0 N–H and O–H groups in total. The summed E-state index contributed by atoms with van der Waals surface area (Å²) in [6.07, 6.45) is 1.51. The van der Waals surface area contributed by atoms with Gasteiger partial charge in [0, 0.05) is 12.1 Å². The Kier molecular flexibility index (Phi) is 4.35. The third-order valence-electron chi connectivity index (χ3n) is 2.74. The summed E-state index contributed by atoms with van der Waals surface area (Å²) in [4.78, 5) is 0. The zero-order valence-corrected chi connectivity index (χ0v) is 11.0. The van der Waals surface area contributed by atoms with E-state index in [9.17, 15) is 8.78 Å². The highest BCUT2D eigenvalue weighted by Gasteiger charge is 2.14. The number of benzene rings is 2. The number of hydrogen-bond acceptors (Lipinski definition) is 2. The third-order valence-corrected chi connectivity index (χ3v) is 2.74. The second-order valence-corrected chi connectivity index (χ2v) is 4.09. The molecule has 4 heteroatoms. The maximum absolute atomic E-state index is 14.1. The summed E-state index contributed by atoms with van der Waals surface area (Å²) < 4.78 is 38.3. The average Bonchev–Trinajstić information content (AvgIpc) is 2.44. The lowest BCUT2D eigenvalue weighted by molar-refractivity contribution is 0.358. The smallest absolute Gasteiger partial charge is 0.137 e. The van der Waals surface area contributed by atoms with Gasteiger partial charge in [0.1, 0.15) is 29.7 Å². The highest BCUT2D eigenvalue weighted by Crippen LogP contribution is 2.31. The minimum Gasteiger partial charge on any atom is -0.497 e. The minimum absolute atomic E-state index is 0.102. The Labute approximate surface area is 116 Å². The van der Waals surface area contributed by atoms with Crippen molar-refractivity contribution in [1.29, 1.82) is 0 Å². The molecule has 0 radical (unpaired) electrons. The normalized spacial score (nSPS) is 10.2. The highest BCUT2D eigenvalue weighted by atomic mass is 19.1. The summed E-state index contributed by atoms with van der Waals surface area (Å²) in [5.41, 5.74) is 0.310. The molecule has 0 aliphatic carbocycles. The first-order valence-electron chi connectivity index (χ1n) is 6.03. The Bertz CT molecular complexity index is 601. The van der Waals surface area contributed by atoms with E-state index in [0.717, 1.165) is 12.1 Å². The molecule has 0 bridgehead atoms. The number of ether oxygens (including phenoxy) is 2. The lowest BCUT2D eigenvalue weighted by Crippen LogP contribution is -1.97. The standard InChI is InChI=1S/C16H14F2O2/c1-3-7-20-13-9-14(17)16(15(18)10-13)11-5-4-6-12(8-11)19-2/h3-6,8-10H,1,7H2,2H3. The molecule has 0 fully saturated rings. The molecule has 0 saturated heterocycles. The predicted molar refractivity (Wildman–Crippen MR) is 74.0 cm³/mol. The van der Waals surface area contributed by atoms with E-state index < -0.39 is 11.6 Å². The quantitative estimate of drug-likeness (QED) is 0.762. The molecule has 104 valence electrons. The van der Waals surface area contributed by atoms with E-state index in [4.69, 9.17) is 9.47 Å². The van der Waals surface area contributed by atoms with Crippen LogP contribution in [0.1, 0.15) is 0 Å². The van der Waals surface area contributed by atoms with Crippen molar-refractivity contribution in [1.82, 2.24) is 0 Å². The van der Waals surface area contributed by atoms with Crippen molar-refractivity contribution < 1.29 is 18.3 Å². The molecule has 0 aromatic heterocycles. The molecule has 0 aliphatic rings. The molecular formula is C16H14F2O2. The van der Waals surface area contributed by atoms with Crippen LogP contribution in [0.4, 0.5) is 8.78 Å². The molecule has 0 unspecified atom stereocenters. The van der Waals surface area contributed by atoms with Crippen LogP contribution in [0.25, 0.3) is 11.1 Å². The molecule has 0 aliphatic heterocycles. The van der Waals surface area contributed by atoms with Gasteiger partial charge in [-0.2, -0.15) is 0 Å². The predicted octanol–water partition coefficient (Wildman–Crippen LogP) is 4.21. The van der Waals surface area contributed by atoms with Crippen LogP contribution < -0.4 is 9.47 Å². The maximum atomic E-state index is 14.1. The molecule has 0 saturated carbocycles. The fourth-order valence-corrected chi connectivity index (χ4v) is 1.84. The van der Waals surface area contributed by atoms with Crippen molar-refractivity contribution >= 4 is 0 Å². The molecule has 2 aromatic rings. The summed E-state index contributed by atoms with van der Waals surface area (Å²) in [6.45, 7) is 3.67. The number of hydrogen-bond donors (Lipinski definition) is 0. The number of methoxy groups -OCH3 is 1. The van der Waals surface area contributed by atoms with E-state index in [2.05, 4.69) is 6.58 Å². The Balaban J connectivity index is 2.43. The van der Waals surface area contributed by atoms with Gasteiger partial charge in [0.2, 0.25) is 0 Å². The highest BCUT2D eigenvalue weighted by molar-refractivity contribution is 5.67. The molecule has 0 spiro atoms. The van der Waals surface area contributed by atoms with Crippen LogP contribution in [-0.4, -0.2) is 13.7 Å². The zero-order chi connectivity index (χ0) is 14.5. The van der Waals surface area contributed by atoms with E-state index in [1.807, 2.05) is 0 Å². The minimum atomic E-state index is -0.683. The molecular weight excluding hydrogens is 262 g/mol. The van der Waals surface area contributed by atoms with Gasteiger partial charge >= 0.3 is 0 Å². The van der Waals surface area contributed by atoms with Crippen LogP contribution in [0.3, 0.4) is 0 Å². The monoisotopic (exact) mass is 276 g/mol. The summed E-state index contributed by atoms with van der Waals surface area (Å²) in [6, 6.07) is 8.89. The second-order valence-electron chi connectivity index (χ2n) is 4.09. The van der Waals surface area contributed by atoms with Crippen molar-refractivity contribution in [3.8, 4) is 22.6 Å². The van der Waals surface area contributed by atoms with Crippen LogP contribution >= 0.6 is 0 Å². The van der Waals surface area contributed by atoms with Gasteiger partial charge in [-0.1, -0.05) is 24.8 Å². The Morgan fingerprint density at radius 3 is 2.40 bits per heavy atom. The van der Waals surface area contributed by atoms with Gasteiger partial charge in [0.25, 0.3) is 0 Å². The summed E-state index contributed by atoms with van der Waals surface area (Å²) in [5, 5.41) is 0. The van der Waals surface area contributed by atoms with E-state index in [0.29, 0.717) is 11.3 Å². The van der Waals surface area contributed by atoms with Crippen LogP contribution in [0.15, 0.2) is 49.1 Å². The summed E-state index contributed by atoms with van der Waals surface area (Å²) >= 11 is 0. The van der Waals surface area contributed by atoms with Crippen LogP contribution in [-0.2, 0) is 0 Å².